The summed E-state index contributed by atoms with van der Waals surface area (Å²) in [6, 6.07) is 8.89. The third kappa shape index (κ3) is 1.69. The van der Waals surface area contributed by atoms with E-state index in [2.05, 4.69) is 0 Å². The molecule has 0 amide bonds. The zero-order valence-corrected chi connectivity index (χ0v) is 9.50. The number of rotatable bonds is 3. The fourth-order valence-corrected chi connectivity index (χ4v) is 2.04. The van der Waals surface area contributed by atoms with Crippen molar-refractivity contribution >= 4 is 5.97 Å². The minimum absolute atomic E-state index is 0.212. The van der Waals surface area contributed by atoms with Gasteiger partial charge in [-0.25, -0.2) is 4.79 Å². The zero-order chi connectivity index (χ0) is 12.5. The van der Waals surface area contributed by atoms with Crippen molar-refractivity contribution < 1.29 is 19.4 Å². The second-order valence-electron chi connectivity index (χ2n) is 3.98. The number of para-hydroxylation sites is 1. The van der Waals surface area contributed by atoms with Crippen molar-refractivity contribution in [2.45, 2.75) is 6.54 Å². The first-order chi connectivity index (χ1) is 8.75. The second-order valence-corrected chi connectivity index (χ2v) is 3.98. The molecule has 1 aromatic carbocycles. The predicted octanol–water partition coefficient (Wildman–Crippen LogP) is 1.96. The summed E-state index contributed by atoms with van der Waals surface area (Å²) in [6.45, 7) is 0.658. The van der Waals surface area contributed by atoms with Gasteiger partial charge in [-0.2, -0.15) is 0 Å². The van der Waals surface area contributed by atoms with Gasteiger partial charge in [0.2, 0.25) is 6.79 Å². The van der Waals surface area contributed by atoms with Crippen molar-refractivity contribution in [3.63, 3.8) is 0 Å². The molecule has 0 radical (unpaired) electrons. The molecule has 3 rings (SSSR count). The number of hydrogen-bond donors (Lipinski definition) is 1. The van der Waals surface area contributed by atoms with Crippen LogP contribution < -0.4 is 9.47 Å². The number of aromatic carboxylic acids is 1. The van der Waals surface area contributed by atoms with Gasteiger partial charge in [0.05, 0.1) is 6.54 Å². The maximum Gasteiger partial charge on any atom is 0.352 e. The van der Waals surface area contributed by atoms with Crippen LogP contribution in [0.5, 0.6) is 11.5 Å². The number of hydrogen-bond acceptors (Lipinski definition) is 3. The quantitative estimate of drug-likeness (QED) is 0.898. The molecule has 1 aliphatic heterocycles. The SMILES string of the molecule is O=C(O)c1cccn1Cc1cccc2c1OCO2. The van der Waals surface area contributed by atoms with E-state index >= 15 is 0 Å². The minimum Gasteiger partial charge on any atom is -0.477 e. The Hall–Kier alpha value is -2.43. The van der Waals surface area contributed by atoms with Crippen LogP contribution in [0.3, 0.4) is 0 Å². The van der Waals surface area contributed by atoms with Crippen LogP contribution in [0.4, 0.5) is 0 Å². The van der Waals surface area contributed by atoms with Gasteiger partial charge in [-0.3, -0.25) is 0 Å². The Morgan fingerprint density at radius 2 is 2.17 bits per heavy atom. The van der Waals surface area contributed by atoms with E-state index in [4.69, 9.17) is 14.6 Å². The smallest absolute Gasteiger partial charge is 0.352 e. The van der Waals surface area contributed by atoms with Crippen LogP contribution >= 0.6 is 0 Å². The van der Waals surface area contributed by atoms with Crippen LogP contribution in [0.2, 0.25) is 0 Å². The molecule has 0 spiro atoms. The number of carbonyl (C=O) groups is 1. The lowest BCUT2D eigenvalue weighted by molar-refractivity contribution is 0.0685. The monoisotopic (exact) mass is 245 g/mol. The summed E-state index contributed by atoms with van der Waals surface area (Å²) in [5, 5.41) is 9.05. The second kappa shape index (κ2) is 4.10. The molecule has 5 nitrogen and oxygen atoms in total. The van der Waals surface area contributed by atoms with E-state index in [0.717, 1.165) is 5.56 Å². The summed E-state index contributed by atoms with van der Waals surface area (Å²) in [7, 11) is 0. The molecule has 2 heterocycles. The highest BCUT2D eigenvalue weighted by Gasteiger charge is 2.18. The third-order valence-corrected chi connectivity index (χ3v) is 2.87. The summed E-state index contributed by atoms with van der Waals surface area (Å²) < 4.78 is 12.4. The fraction of sp³-hybridized carbons (Fsp3) is 0.154. The van der Waals surface area contributed by atoms with Gasteiger partial charge in [-0.15, -0.1) is 0 Å². The average molecular weight is 245 g/mol. The molecule has 92 valence electrons. The van der Waals surface area contributed by atoms with Gasteiger partial charge in [0.25, 0.3) is 0 Å². The molecular formula is C13H11NO4. The number of carboxylic acids is 1. The van der Waals surface area contributed by atoms with E-state index in [9.17, 15) is 4.79 Å². The number of fused-ring (bicyclic) bond motifs is 1. The topological polar surface area (TPSA) is 60.7 Å². The maximum absolute atomic E-state index is 11.0. The Morgan fingerprint density at radius 3 is 3.00 bits per heavy atom. The molecular weight excluding hydrogens is 234 g/mol. The Bertz CT molecular complexity index is 603. The summed E-state index contributed by atoms with van der Waals surface area (Å²) in [5.74, 6) is 0.462. The van der Waals surface area contributed by atoms with Crippen molar-refractivity contribution in [2.24, 2.45) is 0 Å². The van der Waals surface area contributed by atoms with E-state index in [1.807, 2.05) is 18.2 Å². The van der Waals surface area contributed by atoms with Crippen molar-refractivity contribution in [3.8, 4) is 11.5 Å². The maximum atomic E-state index is 11.0. The Morgan fingerprint density at radius 1 is 1.28 bits per heavy atom. The van der Waals surface area contributed by atoms with Gasteiger partial charge in [0.1, 0.15) is 5.69 Å². The number of aromatic nitrogens is 1. The van der Waals surface area contributed by atoms with Crippen LogP contribution in [0, 0.1) is 0 Å². The number of carboxylic acid groups (broad SMARTS) is 1. The molecule has 1 N–H and O–H groups in total. The fourth-order valence-electron chi connectivity index (χ4n) is 2.04. The molecule has 0 saturated heterocycles. The number of nitrogens with zero attached hydrogens (tertiary/aromatic N) is 1. The molecule has 1 aromatic heterocycles. The van der Waals surface area contributed by atoms with Gasteiger partial charge in [0, 0.05) is 11.8 Å². The lowest BCUT2D eigenvalue weighted by atomic mass is 10.2. The van der Waals surface area contributed by atoms with Crippen molar-refractivity contribution in [2.75, 3.05) is 6.79 Å². The van der Waals surface area contributed by atoms with Crippen LogP contribution in [0.15, 0.2) is 36.5 Å². The van der Waals surface area contributed by atoms with Crippen molar-refractivity contribution in [3.05, 3.63) is 47.8 Å². The highest BCUT2D eigenvalue weighted by atomic mass is 16.7. The van der Waals surface area contributed by atoms with Crippen LogP contribution in [0.1, 0.15) is 16.1 Å². The normalized spacial score (nSPS) is 12.7. The number of ether oxygens (including phenoxy) is 2. The Labute approximate surface area is 103 Å². The van der Waals surface area contributed by atoms with Gasteiger partial charge < -0.3 is 19.1 Å². The Balaban J connectivity index is 1.96. The van der Waals surface area contributed by atoms with Gasteiger partial charge in [-0.1, -0.05) is 12.1 Å². The first-order valence-corrected chi connectivity index (χ1v) is 5.51. The molecule has 0 atom stereocenters. The molecule has 0 aliphatic carbocycles. The summed E-state index contributed by atoms with van der Waals surface area (Å²) in [5.41, 5.74) is 1.16. The van der Waals surface area contributed by atoms with E-state index < -0.39 is 5.97 Å². The van der Waals surface area contributed by atoms with E-state index in [1.54, 1.807) is 22.9 Å². The van der Waals surface area contributed by atoms with Crippen molar-refractivity contribution in [1.82, 2.24) is 4.57 Å². The number of benzene rings is 1. The predicted molar refractivity (Wildman–Crippen MR) is 63.1 cm³/mol. The highest BCUT2D eigenvalue weighted by Crippen LogP contribution is 2.35. The summed E-state index contributed by atoms with van der Waals surface area (Å²) in [6.07, 6.45) is 1.73. The van der Waals surface area contributed by atoms with Crippen LogP contribution in [-0.2, 0) is 6.54 Å². The van der Waals surface area contributed by atoms with Gasteiger partial charge in [-0.05, 0) is 18.2 Å². The standard InChI is InChI=1S/C13H11NO4/c15-13(16)10-4-2-6-14(10)7-9-3-1-5-11-12(9)18-8-17-11/h1-6H,7-8H2,(H,15,16). The molecule has 2 aromatic rings. The van der Waals surface area contributed by atoms with Crippen molar-refractivity contribution in [1.29, 1.82) is 0 Å². The molecule has 0 fully saturated rings. The third-order valence-electron chi connectivity index (χ3n) is 2.87. The molecule has 0 bridgehead atoms. The highest BCUT2D eigenvalue weighted by molar-refractivity contribution is 5.85. The van der Waals surface area contributed by atoms with E-state index in [1.165, 1.54) is 0 Å². The molecule has 0 saturated carbocycles. The van der Waals surface area contributed by atoms with E-state index in [-0.39, 0.29) is 12.5 Å². The minimum atomic E-state index is -0.940. The molecule has 0 unspecified atom stereocenters. The average Bonchev–Trinajstić information content (AvgIpc) is 2.96. The lowest BCUT2D eigenvalue weighted by Crippen LogP contribution is -2.08. The summed E-state index contributed by atoms with van der Waals surface area (Å²) >= 11 is 0. The first-order valence-electron chi connectivity index (χ1n) is 5.51. The van der Waals surface area contributed by atoms with Gasteiger partial charge >= 0.3 is 5.97 Å². The van der Waals surface area contributed by atoms with E-state index in [0.29, 0.717) is 18.0 Å². The largest absolute Gasteiger partial charge is 0.477 e. The molecule has 1 aliphatic rings. The first kappa shape index (κ1) is 10.7. The lowest BCUT2D eigenvalue weighted by Gasteiger charge is -2.08. The Kier molecular flexibility index (Phi) is 2.44. The molecule has 18 heavy (non-hydrogen) atoms. The zero-order valence-electron chi connectivity index (χ0n) is 9.50. The molecule has 5 heteroatoms. The van der Waals surface area contributed by atoms with Crippen LogP contribution in [0.25, 0.3) is 0 Å². The van der Waals surface area contributed by atoms with Crippen LogP contribution in [-0.4, -0.2) is 22.4 Å². The summed E-state index contributed by atoms with van der Waals surface area (Å²) in [4.78, 5) is 11.0. The van der Waals surface area contributed by atoms with Gasteiger partial charge in [0.15, 0.2) is 11.5 Å².